The number of carbonyl (C=O) groups is 1. The Kier molecular flexibility index (Phi) is 5.06. The van der Waals surface area contributed by atoms with E-state index in [9.17, 15) is 4.79 Å². The van der Waals surface area contributed by atoms with E-state index in [0.717, 1.165) is 32.5 Å². The number of nitrogens with one attached hydrogen (secondary N) is 1. The Bertz CT molecular complexity index is 237. The van der Waals surface area contributed by atoms with E-state index in [4.69, 9.17) is 11.6 Å². The van der Waals surface area contributed by atoms with Crippen LogP contribution in [0.15, 0.2) is 0 Å². The van der Waals surface area contributed by atoms with Gasteiger partial charge in [0, 0.05) is 18.3 Å². The van der Waals surface area contributed by atoms with E-state index < -0.39 is 0 Å². The first-order chi connectivity index (χ1) is 7.47. The molecule has 1 aliphatic rings. The van der Waals surface area contributed by atoms with Crippen LogP contribution in [0.25, 0.3) is 0 Å². The van der Waals surface area contributed by atoms with Gasteiger partial charge in [-0.25, -0.2) is 0 Å². The molecule has 0 aromatic rings. The van der Waals surface area contributed by atoms with Crippen LogP contribution in [-0.2, 0) is 4.79 Å². The Morgan fingerprint density at radius 2 is 2.06 bits per heavy atom. The van der Waals surface area contributed by atoms with Crippen molar-refractivity contribution in [2.24, 2.45) is 11.3 Å². The van der Waals surface area contributed by atoms with E-state index >= 15 is 0 Å². The average molecular weight is 247 g/mol. The zero-order chi connectivity index (χ0) is 12.2. The monoisotopic (exact) mass is 246 g/mol. The van der Waals surface area contributed by atoms with Gasteiger partial charge in [-0.05, 0) is 38.4 Å². The molecule has 0 aliphatic carbocycles. The lowest BCUT2D eigenvalue weighted by molar-refractivity contribution is -0.124. The molecule has 0 aromatic heterocycles. The summed E-state index contributed by atoms with van der Waals surface area (Å²) in [6.45, 7) is 7.14. The van der Waals surface area contributed by atoms with Crippen LogP contribution in [0.2, 0.25) is 0 Å². The first kappa shape index (κ1) is 13.8. The number of likely N-dealkylation sites (tertiary alicyclic amines) is 1. The molecule has 1 amide bonds. The van der Waals surface area contributed by atoms with Gasteiger partial charge in [0.15, 0.2) is 0 Å². The van der Waals surface area contributed by atoms with E-state index in [1.54, 1.807) is 0 Å². The quantitative estimate of drug-likeness (QED) is 0.766. The highest BCUT2D eigenvalue weighted by atomic mass is 35.5. The van der Waals surface area contributed by atoms with Gasteiger partial charge in [-0.15, -0.1) is 11.6 Å². The lowest BCUT2D eigenvalue weighted by atomic mass is 9.80. The lowest BCUT2D eigenvalue weighted by Crippen LogP contribution is -2.44. The van der Waals surface area contributed by atoms with Crippen molar-refractivity contribution in [3.05, 3.63) is 0 Å². The van der Waals surface area contributed by atoms with Crippen LogP contribution in [0.3, 0.4) is 0 Å². The van der Waals surface area contributed by atoms with Crippen LogP contribution in [0, 0.1) is 11.3 Å². The van der Waals surface area contributed by atoms with Crippen LogP contribution in [0.5, 0.6) is 0 Å². The van der Waals surface area contributed by atoms with Crippen molar-refractivity contribution in [2.45, 2.75) is 26.7 Å². The van der Waals surface area contributed by atoms with Crippen molar-refractivity contribution >= 4 is 17.5 Å². The maximum Gasteiger partial charge on any atom is 0.224 e. The third-order valence-electron chi connectivity index (χ3n) is 3.56. The summed E-state index contributed by atoms with van der Waals surface area (Å²) in [5, 5.41) is 3.02. The van der Waals surface area contributed by atoms with Gasteiger partial charge in [0.2, 0.25) is 5.91 Å². The van der Waals surface area contributed by atoms with Gasteiger partial charge in [0.1, 0.15) is 0 Å². The van der Waals surface area contributed by atoms with Crippen LogP contribution in [0.4, 0.5) is 0 Å². The molecule has 0 saturated carbocycles. The fourth-order valence-corrected chi connectivity index (χ4v) is 2.02. The smallest absolute Gasteiger partial charge is 0.224 e. The third-order valence-corrected chi connectivity index (χ3v) is 4.03. The zero-order valence-corrected chi connectivity index (χ0v) is 11.3. The number of amides is 1. The highest BCUT2D eigenvalue weighted by Gasteiger charge is 2.29. The summed E-state index contributed by atoms with van der Waals surface area (Å²) >= 11 is 5.65. The van der Waals surface area contributed by atoms with Gasteiger partial charge < -0.3 is 10.2 Å². The molecule has 1 unspecified atom stereocenters. The predicted octanol–water partition coefficient (Wildman–Crippen LogP) is 1.71. The van der Waals surface area contributed by atoms with Gasteiger partial charge in [-0.1, -0.05) is 13.8 Å². The number of carbonyl (C=O) groups excluding carboxylic acids is 1. The number of hydrogen-bond acceptors (Lipinski definition) is 2. The molecular formula is C12H23ClN2O. The normalized spacial score (nSPS) is 22.8. The van der Waals surface area contributed by atoms with Crippen LogP contribution < -0.4 is 5.32 Å². The molecule has 1 saturated heterocycles. The number of nitrogens with zero attached hydrogens (tertiary/aromatic N) is 1. The van der Waals surface area contributed by atoms with Crippen molar-refractivity contribution in [1.82, 2.24) is 10.2 Å². The first-order valence-electron chi connectivity index (χ1n) is 5.99. The Hall–Kier alpha value is -0.280. The number of rotatable bonds is 4. The van der Waals surface area contributed by atoms with Gasteiger partial charge in [0.25, 0.3) is 0 Å². The van der Waals surface area contributed by atoms with Crippen molar-refractivity contribution in [2.75, 3.05) is 32.6 Å². The minimum absolute atomic E-state index is 0.0788. The number of halogens is 1. The van der Waals surface area contributed by atoms with Gasteiger partial charge in [-0.3, -0.25) is 4.79 Å². The van der Waals surface area contributed by atoms with Crippen molar-refractivity contribution in [3.63, 3.8) is 0 Å². The SMILES string of the molecule is CC(CCl)C(=O)NCC1(C)CCN(C)CC1. The predicted molar refractivity (Wildman–Crippen MR) is 67.7 cm³/mol. The molecule has 1 aliphatic heterocycles. The van der Waals surface area contributed by atoms with Crippen molar-refractivity contribution in [3.8, 4) is 0 Å². The van der Waals surface area contributed by atoms with Gasteiger partial charge in [0.05, 0.1) is 0 Å². The molecule has 1 fully saturated rings. The topological polar surface area (TPSA) is 32.3 Å². The molecule has 0 spiro atoms. The molecule has 1 rings (SSSR count). The second-order valence-corrected chi connectivity index (χ2v) is 5.70. The van der Waals surface area contributed by atoms with E-state index in [0.29, 0.717) is 5.88 Å². The second kappa shape index (κ2) is 5.87. The van der Waals surface area contributed by atoms with E-state index in [-0.39, 0.29) is 17.2 Å². The molecule has 0 radical (unpaired) electrons. The zero-order valence-electron chi connectivity index (χ0n) is 10.6. The summed E-state index contributed by atoms with van der Waals surface area (Å²) < 4.78 is 0. The summed E-state index contributed by atoms with van der Waals surface area (Å²) in [6.07, 6.45) is 2.30. The number of hydrogen-bond donors (Lipinski definition) is 1. The summed E-state index contributed by atoms with van der Waals surface area (Å²) in [7, 11) is 2.15. The average Bonchev–Trinajstić information content (AvgIpc) is 2.29. The Labute approximate surface area is 104 Å². The van der Waals surface area contributed by atoms with E-state index in [1.807, 2.05) is 6.92 Å². The number of piperidine rings is 1. The minimum atomic E-state index is -0.0865. The fraction of sp³-hybridized carbons (Fsp3) is 0.917. The fourth-order valence-electron chi connectivity index (χ4n) is 1.88. The van der Waals surface area contributed by atoms with Crippen molar-refractivity contribution < 1.29 is 4.79 Å². The molecule has 3 nitrogen and oxygen atoms in total. The summed E-state index contributed by atoms with van der Waals surface area (Å²) in [5.41, 5.74) is 0.258. The van der Waals surface area contributed by atoms with E-state index in [2.05, 4.69) is 24.2 Å². The van der Waals surface area contributed by atoms with Crippen LogP contribution in [0.1, 0.15) is 26.7 Å². The number of alkyl halides is 1. The molecule has 1 heterocycles. The Morgan fingerprint density at radius 1 is 1.50 bits per heavy atom. The summed E-state index contributed by atoms with van der Waals surface area (Å²) in [6, 6.07) is 0. The molecule has 1 atom stereocenters. The second-order valence-electron chi connectivity index (χ2n) is 5.39. The molecular weight excluding hydrogens is 224 g/mol. The van der Waals surface area contributed by atoms with Crippen LogP contribution in [-0.4, -0.2) is 43.4 Å². The highest BCUT2D eigenvalue weighted by Crippen LogP contribution is 2.29. The molecule has 4 heteroatoms. The molecule has 1 N–H and O–H groups in total. The molecule has 0 bridgehead atoms. The molecule has 0 aromatic carbocycles. The maximum atomic E-state index is 11.6. The molecule has 94 valence electrons. The largest absolute Gasteiger partial charge is 0.355 e. The minimum Gasteiger partial charge on any atom is -0.355 e. The standard InChI is InChI=1S/C12H23ClN2O/c1-10(8-13)11(16)14-9-12(2)4-6-15(3)7-5-12/h10H,4-9H2,1-3H3,(H,14,16). The summed E-state index contributed by atoms with van der Waals surface area (Å²) in [4.78, 5) is 14.0. The Morgan fingerprint density at radius 3 is 2.56 bits per heavy atom. The Balaban J connectivity index is 2.34. The van der Waals surface area contributed by atoms with Crippen LogP contribution >= 0.6 is 11.6 Å². The molecule has 16 heavy (non-hydrogen) atoms. The van der Waals surface area contributed by atoms with E-state index in [1.165, 1.54) is 0 Å². The van der Waals surface area contributed by atoms with Gasteiger partial charge >= 0.3 is 0 Å². The maximum absolute atomic E-state index is 11.6. The highest BCUT2D eigenvalue weighted by molar-refractivity contribution is 6.19. The third kappa shape index (κ3) is 3.95. The first-order valence-corrected chi connectivity index (χ1v) is 6.52. The summed E-state index contributed by atoms with van der Waals surface area (Å²) in [5.74, 6) is 0.386. The van der Waals surface area contributed by atoms with Gasteiger partial charge in [-0.2, -0.15) is 0 Å². The lowest BCUT2D eigenvalue weighted by Gasteiger charge is -2.38. The van der Waals surface area contributed by atoms with Crippen molar-refractivity contribution in [1.29, 1.82) is 0 Å².